The quantitative estimate of drug-likeness (QED) is 0.343. The fourth-order valence-corrected chi connectivity index (χ4v) is 2.59. The molecule has 0 radical (unpaired) electrons. The zero-order chi connectivity index (χ0) is 14.1. The van der Waals surface area contributed by atoms with Crippen LogP contribution < -0.4 is 0 Å². The van der Waals surface area contributed by atoms with E-state index in [2.05, 4.69) is 4.74 Å². The molecule has 0 aliphatic carbocycles. The van der Waals surface area contributed by atoms with Crippen LogP contribution in [0.5, 0.6) is 0 Å². The molecule has 5 nitrogen and oxygen atoms in total. The van der Waals surface area contributed by atoms with Crippen molar-refractivity contribution in [3.05, 3.63) is 0 Å². The van der Waals surface area contributed by atoms with E-state index < -0.39 is 25.4 Å². The molecule has 0 N–H and O–H groups in total. The number of likely N-dealkylation sites (tertiary alicyclic amines) is 1. The lowest BCUT2D eigenvalue weighted by atomic mass is 10.2. The van der Waals surface area contributed by atoms with E-state index in [0.29, 0.717) is 0 Å². The molecule has 1 aliphatic heterocycles. The maximum Gasteiger partial charge on any atom is 0.411 e. The molecule has 0 spiro atoms. The summed E-state index contributed by atoms with van der Waals surface area (Å²) in [5.74, 6) is -0.630. The highest BCUT2D eigenvalue weighted by molar-refractivity contribution is 14.1. The highest BCUT2D eigenvalue weighted by Gasteiger charge is 2.49. The van der Waals surface area contributed by atoms with Crippen LogP contribution in [0.25, 0.3) is 0 Å². The summed E-state index contributed by atoms with van der Waals surface area (Å²) >= 11 is 3.53. The number of rotatable bonds is 2. The Morgan fingerprint density at radius 2 is 2.06 bits per heavy atom. The van der Waals surface area contributed by atoms with Gasteiger partial charge in [-0.1, -0.05) is 0 Å². The smallest absolute Gasteiger partial charge is 0.411 e. The van der Waals surface area contributed by atoms with E-state index in [-0.39, 0.29) is 13.0 Å². The lowest BCUT2D eigenvalue weighted by Crippen LogP contribution is -2.43. The summed E-state index contributed by atoms with van der Waals surface area (Å²) in [4.78, 5) is 24.5. The molecule has 104 valence electrons. The van der Waals surface area contributed by atoms with E-state index in [9.17, 15) is 14.0 Å². The minimum Gasteiger partial charge on any atom is -0.467 e. The average Bonchev–Trinajstić information content (AvgIpc) is 2.51. The zero-order valence-electron chi connectivity index (χ0n) is 10.2. The largest absolute Gasteiger partial charge is 0.467 e. The lowest BCUT2D eigenvalue weighted by Gasteiger charge is -2.26. The van der Waals surface area contributed by atoms with Crippen LogP contribution in [0.2, 0.25) is 0 Å². The van der Waals surface area contributed by atoms with Crippen molar-refractivity contribution in [2.45, 2.75) is 33.6 Å². The van der Waals surface area contributed by atoms with Crippen LogP contribution in [0.15, 0.2) is 0 Å². The molecule has 1 amide bonds. The van der Waals surface area contributed by atoms with Crippen molar-refractivity contribution in [2.75, 3.05) is 13.7 Å². The van der Waals surface area contributed by atoms with E-state index in [4.69, 9.17) is 4.74 Å². The molecule has 2 atom stereocenters. The Kier molecular flexibility index (Phi) is 5.06. The molecule has 1 fully saturated rings. The first-order valence-corrected chi connectivity index (χ1v) is 7.36. The zero-order valence-corrected chi connectivity index (χ0v) is 14.5. The van der Waals surface area contributed by atoms with Crippen molar-refractivity contribution in [2.24, 2.45) is 0 Å². The third-order valence-electron chi connectivity index (χ3n) is 2.31. The maximum absolute atomic E-state index is 13.9. The predicted molar refractivity (Wildman–Crippen MR) is 79.6 cm³/mol. The topological polar surface area (TPSA) is 55.8 Å². The Morgan fingerprint density at radius 3 is 2.50 bits per heavy atom. The van der Waals surface area contributed by atoms with Crippen molar-refractivity contribution >= 4 is 57.2 Å². The summed E-state index contributed by atoms with van der Waals surface area (Å²) in [5, 5.41) is 0. The van der Waals surface area contributed by atoms with Gasteiger partial charge in [-0.2, -0.15) is 0 Å². The summed E-state index contributed by atoms with van der Waals surface area (Å²) in [6.07, 6.45) is -0.794. The maximum atomic E-state index is 13.9. The van der Waals surface area contributed by atoms with Crippen LogP contribution in [0.3, 0.4) is 0 Å². The van der Waals surface area contributed by atoms with E-state index >= 15 is 0 Å². The molecule has 0 aromatic carbocycles. The third-order valence-corrected chi connectivity index (χ3v) is 3.31. The number of methoxy groups -OCH3 is 1. The van der Waals surface area contributed by atoms with Gasteiger partial charge in [0, 0.05) is 6.42 Å². The number of nitrogens with zero attached hydrogens (tertiary/aromatic N) is 1. The molecular weight excluding hydrogens is 471 g/mol. The Bertz CT molecular complexity index is 356. The number of carbonyl (C=O) groups is 2. The average molecular weight is 485 g/mol. The van der Waals surface area contributed by atoms with Crippen molar-refractivity contribution < 1.29 is 23.5 Å². The number of esters is 1. The molecule has 1 unspecified atom stereocenters. The van der Waals surface area contributed by atoms with E-state index in [1.54, 1.807) is 36.4 Å². The number of ether oxygens (including phenoxy) is 2. The van der Waals surface area contributed by atoms with Crippen LogP contribution >= 0.6 is 45.2 Å². The number of halogens is 3. The van der Waals surface area contributed by atoms with Gasteiger partial charge in [-0.25, -0.2) is 14.0 Å². The molecule has 0 aromatic rings. The molecule has 1 rings (SSSR count). The van der Waals surface area contributed by atoms with Crippen LogP contribution in [0, 0.1) is 0 Å². The fourth-order valence-electron chi connectivity index (χ4n) is 1.62. The van der Waals surface area contributed by atoms with Gasteiger partial charge in [-0.05, 0) is 59.0 Å². The minimum atomic E-state index is -1.63. The van der Waals surface area contributed by atoms with Crippen LogP contribution in [0.4, 0.5) is 9.18 Å². The highest BCUT2D eigenvalue weighted by atomic mass is 127. The number of amides is 1. The monoisotopic (exact) mass is 485 g/mol. The van der Waals surface area contributed by atoms with Crippen molar-refractivity contribution in [3.63, 3.8) is 0 Å². The number of alkyl halides is 3. The Morgan fingerprint density at radius 1 is 1.50 bits per heavy atom. The number of carbonyl (C=O) groups excluding carboxylic acids is 2. The van der Waals surface area contributed by atoms with Gasteiger partial charge in [0.15, 0.2) is 7.28 Å². The molecule has 0 aromatic heterocycles. The standard InChI is InChI=1S/C10H14FI2NO4/c1-9(2,12)18-8(16)14-5-10(11,13)4-6(14)7(15)17-3/h6H,4-5H2,1-3H3/t6-,10?/m0/s1. The summed E-state index contributed by atoms with van der Waals surface area (Å²) in [6, 6.07) is -0.928. The van der Waals surface area contributed by atoms with Crippen LogP contribution in [-0.4, -0.2) is 43.9 Å². The van der Waals surface area contributed by atoms with Gasteiger partial charge in [0.25, 0.3) is 0 Å². The number of hydrogen-bond acceptors (Lipinski definition) is 4. The van der Waals surface area contributed by atoms with Gasteiger partial charge in [-0.3, -0.25) is 4.90 Å². The summed E-state index contributed by atoms with van der Waals surface area (Å²) in [6.45, 7) is 3.21. The summed E-state index contributed by atoms with van der Waals surface area (Å²) in [7, 11) is 1.21. The Hall–Kier alpha value is 0.130. The van der Waals surface area contributed by atoms with E-state index in [1.165, 1.54) is 7.11 Å². The summed E-state index contributed by atoms with van der Waals surface area (Å²) in [5.41, 5.74) is 0. The van der Waals surface area contributed by atoms with Gasteiger partial charge < -0.3 is 9.47 Å². The second-order valence-corrected chi connectivity index (χ2v) is 8.99. The van der Waals surface area contributed by atoms with Gasteiger partial charge in [0.2, 0.25) is 0 Å². The first kappa shape index (κ1) is 16.2. The molecule has 1 saturated heterocycles. The van der Waals surface area contributed by atoms with E-state index in [1.807, 2.05) is 22.6 Å². The van der Waals surface area contributed by atoms with Crippen LogP contribution in [0.1, 0.15) is 20.3 Å². The highest BCUT2D eigenvalue weighted by Crippen LogP contribution is 2.37. The molecule has 1 heterocycles. The molecule has 18 heavy (non-hydrogen) atoms. The SMILES string of the molecule is COC(=O)[C@@H]1CC(F)(I)CN1C(=O)OC(C)(C)I. The fraction of sp³-hybridized carbons (Fsp3) is 0.800. The van der Waals surface area contributed by atoms with Gasteiger partial charge in [0.05, 0.1) is 13.7 Å². The molecule has 0 saturated carbocycles. The summed E-state index contributed by atoms with van der Waals surface area (Å²) < 4.78 is 21.3. The third kappa shape index (κ3) is 4.35. The normalized spacial score (nSPS) is 28.1. The molecule has 1 aliphatic rings. The van der Waals surface area contributed by atoms with Crippen molar-refractivity contribution in [1.82, 2.24) is 4.90 Å². The van der Waals surface area contributed by atoms with Crippen LogP contribution in [-0.2, 0) is 14.3 Å². The second kappa shape index (κ2) is 5.63. The Balaban J connectivity index is 2.84. The van der Waals surface area contributed by atoms with Gasteiger partial charge in [0.1, 0.15) is 6.04 Å². The van der Waals surface area contributed by atoms with Gasteiger partial charge >= 0.3 is 12.1 Å². The molecule has 8 heteroatoms. The first-order chi connectivity index (χ1) is 8.06. The van der Waals surface area contributed by atoms with Crippen molar-refractivity contribution in [1.29, 1.82) is 0 Å². The number of hydrogen-bond donors (Lipinski definition) is 0. The van der Waals surface area contributed by atoms with Gasteiger partial charge in [-0.15, -0.1) is 0 Å². The Labute approximate surface area is 132 Å². The van der Waals surface area contributed by atoms with Crippen molar-refractivity contribution in [3.8, 4) is 0 Å². The molecular formula is C10H14FI2NO4. The van der Waals surface area contributed by atoms with E-state index in [0.717, 1.165) is 4.90 Å². The first-order valence-electron chi connectivity index (χ1n) is 5.20. The lowest BCUT2D eigenvalue weighted by molar-refractivity contribution is -0.145. The predicted octanol–water partition coefficient (Wildman–Crippen LogP) is 2.64. The second-order valence-electron chi connectivity index (χ2n) is 4.46. The molecule has 0 bridgehead atoms. The minimum absolute atomic E-state index is 0.0863.